The number of hydrogen-bond donors (Lipinski definition) is 1. The fourth-order valence-electron chi connectivity index (χ4n) is 3.22. The molecular formula is C17H26ClN. The second-order valence-corrected chi connectivity index (χ2v) is 6.84. The van der Waals surface area contributed by atoms with Crippen LogP contribution < -0.4 is 5.32 Å². The maximum absolute atomic E-state index is 6.12. The maximum atomic E-state index is 6.12. The lowest BCUT2D eigenvalue weighted by molar-refractivity contribution is 0.176. The van der Waals surface area contributed by atoms with E-state index in [1.807, 2.05) is 6.07 Å². The minimum atomic E-state index is 0.438. The van der Waals surface area contributed by atoms with Crippen molar-refractivity contribution >= 4 is 11.6 Å². The van der Waals surface area contributed by atoms with E-state index in [-0.39, 0.29) is 0 Å². The van der Waals surface area contributed by atoms with Crippen LogP contribution in [0.25, 0.3) is 0 Å². The molecule has 0 bridgehead atoms. The molecule has 0 unspecified atom stereocenters. The Morgan fingerprint density at radius 2 is 1.95 bits per heavy atom. The van der Waals surface area contributed by atoms with Crippen LogP contribution >= 0.6 is 11.6 Å². The van der Waals surface area contributed by atoms with Crippen LogP contribution in [0.3, 0.4) is 0 Å². The Hall–Kier alpha value is -0.530. The number of halogens is 1. The zero-order valence-electron chi connectivity index (χ0n) is 12.2. The van der Waals surface area contributed by atoms with Crippen molar-refractivity contribution in [1.82, 2.24) is 5.32 Å². The fourth-order valence-corrected chi connectivity index (χ4v) is 3.43. The number of hydrogen-bond acceptors (Lipinski definition) is 1. The van der Waals surface area contributed by atoms with Gasteiger partial charge < -0.3 is 5.32 Å². The first kappa shape index (κ1) is 14.9. The molecule has 0 aliphatic heterocycles. The van der Waals surface area contributed by atoms with Gasteiger partial charge >= 0.3 is 0 Å². The molecule has 106 valence electrons. The van der Waals surface area contributed by atoms with Gasteiger partial charge in [0, 0.05) is 17.6 Å². The molecule has 0 amide bonds. The Kier molecular flexibility index (Phi) is 5.29. The van der Waals surface area contributed by atoms with Crippen molar-refractivity contribution in [1.29, 1.82) is 0 Å². The summed E-state index contributed by atoms with van der Waals surface area (Å²) in [4.78, 5) is 0. The van der Waals surface area contributed by atoms with Crippen molar-refractivity contribution in [3.63, 3.8) is 0 Å². The topological polar surface area (TPSA) is 12.0 Å². The van der Waals surface area contributed by atoms with E-state index in [0.29, 0.717) is 11.5 Å². The Balaban J connectivity index is 2.08. The van der Waals surface area contributed by atoms with E-state index in [1.165, 1.54) is 37.7 Å². The summed E-state index contributed by atoms with van der Waals surface area (Å²) in [6, 6.07) is 8.96. The van der Waals surface area contributed by atoms with Gasteiger partial charge in [0.05, 0.1) is 0 Å². The molecule has 1 fully saturated rings. The minimum Gasteiger partial charge on any atom is -0.314 e. The van der Waals surface area contributed by atoms with Gasteiger partial charge in [-0.05, 0) is 42.4 Å². The van der Waals surface area contributed by atoms with Crippen molar-refractivity contribution in [3.05, 3.63) is 34.9 Å². The van der Waals surface area contributed by atoms with Crippen LogP contribution in [0.2, 0.25) is 5.02 Å². The fraction of sp³-hybridized carbons (Fsp3) is 0.647. The smallest absolute Gasteiger partial charge is 0.0408 e. The SMILES string of the molecule is CC(C)NCC1(Cc2cccc(Cl)c2)CCCCC1. The molecule has 1 N–H and O–H groups in total. The summed E-state index contributed by atoms with van der Waals surface area (Å²) in [5.74, 6) is 0. The summed E-state index contributed by atoms with van der Waals surface area (Å²) in [5, 5.41) is 4.52. The molecule has 2 rings (SSSR count). The highest BCUT2D eigenvalue weighted by Gasteiger charge is 2.32. The van der Waals surface area contributed by atoms with Crippen molar-refractivity contribution in [3.8, 4) is 0 Å². The molecule has 2 heteroatoms. The summed E-state index contributed by atoms with van der Waals surface area (Å²) < 4.78 is 0. The number of nitrogens with one attached hydrogen (secondary N) is 1. The first-order chi connectivity index (χ1) is 9.10. The molecule has 19 heavy (non-hydrogen) atoms. The lowest BCUT2D eigenvalue weighted by Gasteiger charge is -2.38. The van der Waals surface area contributed by atoms with Crippen molar-refractivity contribution in [2.75, 3.05) is 6.54 Å². The summed E-state index contributed by atoms with van der Waals surface area (Å²) in [6.45, 7) is 5.60. The third kappa shape index (κ3) is 4.50. The molecule has 0 saturated heterocycles. The molecule has 0 heterocycles. The summed E-state index contributed by atoms with van der Waals surface area (Å²) in [7, 11) is 0. The molecule has 1 aliphatic carbocycles. The average Bonchev–Trinajstić information content (AvgIpc) is 2.38. The van der Waals surface area contributed by atoms with E-state index in [1.54, 1.807) is 0 Å². The predicted molar refractivity (Wildman–Crippen MR) is 83.8 cm³/mol. The average molecular weight is 280 g/mol. The molecular weight excluding hydrogens is 254 g/mol. The van der Waals surface area contributed by atoms with Gasteiger partial charge in [0.2, 0.25) is 0 Å². The van der Waals surface area contributed by atoms with Gasteiger partial charge in [0.15, 0.2) is 0 Å². The lowest BCUT2D eigenvalue weighted by Crippen LogP contribution is -2.40. The van der Waals surface area contributed by atoms with Gasteiger partial charge in [0.1, 0.15) is 0 Å². The minimum absolute atomic E-state index is 0.438. The Morgan fingerprint density at radius 1 is 1.21 bits per heavy atom. The molecule has 0 aromatic heterocycles. The molecule has 1 nitrogen and oxygen atoms in total. The van der Waals surface area contributed by atoms with Gasteiger partial charge in [-0.2, -0.15) is 0 Å². The molecule has 0 atom stereocenters. The second kappa shape index (κ2) is 6.76. The van der Waals surface area contributed by atoms with E-state index in [0.717, 1.165) is 18.0 Å². The van der Waals surface area contributed by atoms with Crippen LogP contribution in [-0.2, 0) is 6.42 Å². The van der Waals surface area contributed by atoms with Gasteiger partial charge in [-0.15, -0.1) is 0 Å². The van der Waals surface area contributed by atoms with Crippen LogP contribution in [0.5, 0.6) is 0 Å². The van der Waals surface area contributed by atoms with Gasteiger partial charge in [-0.1, -0.05) is 56.8 Å². The van der Waals surface area contributed by atoms with Crippen molar-refractivity contribution in [2.45, 2.75) is 58.4 Å². The predicted octanol–water partition coefficient (Wildman–Crippen LogP) is 4.83. The van der Waals surface area contributed by atoms with Crippen LogP contribution in [0.15, 0.2) is 24.3 Å². The Bertz CT molecular complexity index is 394. The molecule has 1 aliphatic rings. The number of rotatable bonds is 5. The van der Waals surface area contributed by atoms with E-state index < -0.39 is 0 Å². The summed E-state index contributed by atoms with van der Waals surface area (Å²) in [6.07, 6.45) is 8.01. The standard InChI is InChI=1S/C17H26ClN/c1-14(2)19-13-17(9-4-3-5-10-17)12-15-7-6-8-16(18)11-15/h6-8,11,14,19H,3-5,9-10,12-13H2,1-2H3. The Morgan fingerprint density at radius 3 is 2.58 bits per heavy atom. The van der Waals surface area contributed by atoms with Gasteiger partial charge in [0.25, 0.3) is 0 Å². The van der Waals surface area contributed by atoms with Crippen LogP contribution in [0.4, 0.5) is 0 Å². The van der Waals surface area contributed by atoms with E-state index in [2.05, 4.69) is 37.4 Å². The quantitative estimate of drug-likeness (QED) is 0.814. The highest BCUT2D eigenvalue weighted by Crippen LogP contribution is 2.39. The summed E-state index contributed by atoms with van der Waals surface area (Å²) >= 11 is 6.12. The maximum Gasteiger partial charge on any atom is 0.0408 e. The normalized spacial score (nSPS) is 18.7. The molecule has 1 aromatic carbocycles. The third-order valence-electron chi connectivity index (χ3n) is 4.27. The lowest BCUT2D eigenvalue weighted by atomic mass is 9.70. The molecule has 1 aromatic rings. The van der Waals surface area contributed by atoms with Gasteiger partial charge in [-0.3, -0.25) is 0 Å². The van der Waals surface area contributed by atoms with Crippen LogP contribution in [0.1, 0.15) is 51.5 Å². The zero-order valence-corrected chi connectivity index (χ0v) is 13.0. The van der Waals surface area contributed by atoms with E-state index in [9.17, 15) is 0 Å². The van der Waals surface area contributed by atoms with Gasteiger partial charge in [-0.25, -0.2) is 0 Å². The summed E-state index contributed by atoms with van der Waals surface area (Å²) in [5.41, 5.74) is 1.83. The molecule has 1 saturated carbocycles. The van der Waals surface area contributed by atoms with Crippen LogP contribution in [-0.4, -0.2) is 12.6 Å². The Labute approximate surface area is 122 Å². The second-order valence-electron chi connectivity index (χ2n) is 6.40. The van der Waals surface area contributed by atoms with Crippen molar-refractivity contribution in [2.24, 2.45) is 5.41 Å². The highest BCUT2D eigenvalue weighted by molar-refractivity contribution is 6.30. The first-order valence-electron chi connectivity index (χ1n) is 7.58. The highest BCUT2D eigenvalue weighted by atomic mass is 35.5. The zero-order chi connectivity index (χ0) is 13.7. The van der Waals surface area contributed by atoms with Crippen molar-refractivity contribution < 1.29 is 0 Å². The largest absolute Gasteiger partial charge is 0.314 e. The molecule has 0 spiro atoms. The van der Waals surface area contributed by atoms with E-state index in [4.69, 9.17) is 11.6 Å². The molecule has 0 radical (unpaired) electrons. The third-order valence-corrected chi connectivity index (χ3v) is 4.50. The van der Waals surface area contributed by atoms with E-state index >= 15 is 0 Å². The first-order valence-corrected chi connectivity index (χ1v) is 7.95. The van der Waals surface area contributed by atoms with Crippen LogP contribution in [0, 0.1) is 5.41 Å². The monoisotopic (exact) mass is 279 g/mol. The number of benzene rings is 1.